The lowest BCUT2D eigenvalue weighted by atomic mass is 9.92. The largest absolute Gasteiger partial charge is 0.497 e. The van der Waals surface area contributed by atoms with Gasteiger partial charge in [-0.25, -0.2) is 4.99 Å². The number of carbonyl (C=O) groups excluding carboxylic acids is 1. The second kappa shape index (κ2) is 13.0. The van der Waals surface area contributed by atoms with Crippen LogP contribution in [-0.4, -0.2) is 51.8 Å². The number of guanidine groups is 1. The Hall–Kier alpha value is -2.28. The molecule has 1 rings (SSSR count). The lowest BCUT2D eigenvalue weighted by Gasteiger charge is -2.25. The maximum Gasteiger partial charge on any atom is 0.227 e. The molecule has 0 aliphatic heterocycles. The molecule has 158 valence electrons. The van der Waals surface area contributed by atoms with Gasteiger partial charge in [0.25, 0.3) is 0 Å². The Morgan fingerprint density at radius 1 is 1.11 bits per heavy atom. The van der Waals surface area contributed by atoms with Gasteiger partial charge in [-0.15, -0.1) is 0 Å². The third-order valence-corrected chi connectivity index (χ3v) is 4.19. The van der Waals surface area contributed by atoms with Crippen LogP contribution in [0.3, 0.4) is 0 Å². The molecule has 1 aromatic carbocycles. The van der Waals surface area contributed by atoms with Gasteiger partial charge in [0.15, 0.2) is 5.96 Å². The van der Waals surface area contributed by atoms with E-state index in [-0.39, 0.29) is 5.91 Å². The summed E-state index contributed by atoms with van der Waals surface area (Å²) in [6.45, 7) is 11.6. The molecular weight excluding hydrogens is 356 g/mol. The highest BCUT2D eigenvalue weighted by Crippen LogP contribution is 2.14. The number of aliphatic imine (C=N–C) groups is 1. The van der Waals surface area contributed by atoms with E-state index in [2.05, 4.69) is 20.9 Å². The van der Waals surface area contributed by atoms with E-state index in [0.29, 0.717) is 32.2 Å². The normalized spacial score (nSPS) is 11.8. The van der Waals surface area contributed by atoms with Gasteiger partial charge in [-0.1, -0.05) is 12.1 Å². The minimum Gasteiger partial charge on any atom is -0.497 e. The van der Waals surface area contributed by atoms with Gasteiger partial charge < -0.3 is 25.4 Å². The summed E-state index contributed by atoms with van der Waals surface area (Å²) in [7, 11) is 1.65. The predicted octanol–water partition coefficient (Wildman–Crippen LogP) is 2.32. The standard InChI is InChI=1S/C21H36N4O3/c1-6-22-19(26)21(3,4)16-25-20(23-13-8-14-28-7-2)24-15-17-9-11-18(27-5)12-10-17/h9-12H,6-8,13-16H2,1-5H3,(H,22,26)(H2,23,24,25). The average Bonchev–Trinajstić information content (AvgIpc) is 2.69. The fourth-order valence-electron chi connectivity index (χ4n) is 2.39. The fraction of sp³-hybridized carbons (Fsp3) is 0.619. The van der Waals surface area contributed by atoms with Crippen molar-refractivity contribution >= 4 is 11.9 Å². The van der Waals surface area contributed by atoms with Crippen molar-refractivity contribution in [1.82, 2.24) is 16.0 Å². The molecule has 0 bridgehead atoms. The third kappa shape index (κ3) is 9.08. The van der Waals surface area contributed by atoms with Gasteiger partial charge >= 0.3 is 0 Å². The first-order valence-electron chi connectivity index (χ1n) is 9.94. The molecule has 3 N–H and O–H groups in total. The molecule has 7 nitrogen and oxygen atoms in total. The van der Waals surface area contributed by atoms with Crippen LogP contribution in [0.1, 0.15) is 39.7 Å². The smallest absolute Gasteiger partial charge is 0.227 e. The van der Waals surface area contributed by atoms with Crippen molar-refractivity contribution in [3.8, 4) is 5.75 Å². The summed E-state index contributed by atoms with van der Waals surface area (Å²) in [5, 5.41) is 9.49. The van der Waals surface area contributed by atoms with E-state index in [4.69, 9.17) is 9.47 Å². The lowest BCUT2D eigenvalue weighted by Crippen LogP contribution is -2.48. The quantitative estimate of drug-likeness (QED) is 0.289. The molecule has 0 spiro atoms. The molecule has 0 atom stereocenters. The molecule has 0 fully saturated rings. The SMILES string of the molecule is CCNC(=O)C(C)(C)CNC(=NCc1ccc(OC)cc1)NCCCOCC. The highest BCUT2D eigenvalue weighted by atomic mass is 16.5. The van der Waals surface area contributed by atoms with Crippen molar-refractivity contribution in [3.05, 3.63) is 29.8 Å². The summed E-state index contributed by atoms with van der Waals surface area (Å²) < 4.78 is 10.6. The number of ether oxygens (including phenoxy) is 2. The van der Waals surface area contributed by atoms with E-state index < -0.39 is 5.41 Å². The Morgan fingerprint density at radius 3 is 2.43 bits per heavy atom. The number of hydrogen-bond donors (Lipinski definition) is 3. The summed E-state index contributed by atoms with van der Waals surface area (Å²) in [5.74, 6) is 1.53. The van der Waals surface area contributed by atoms with E-state index in [0.717, 1.165) is 30.9 Å². The maximum absolute atomic E-state index is 12.2. The molecule has 0 aliphatic rings. The molecule has 1 aromatic rings. The van der Waals surface area contributed by atoms with Gasteiger partial charge in [0.2, 0.25) is 5.91 Å². The van der Waals surface area contributed by atoms with E-state index in [9.17, 15) is 4.79 Å². The van der Waals surface area contributed by atoms with Crippen molar-refractivity contribution in [2.75, 3.05) is 40.0 Å². The molecule has 0 aromatic heterocycles. The molecule has 0 unspecified atom stereocenters. The van der Waals surface area contributed by atoms with Gasteiger partial charge in [0.05, 0.1) is 19.1 Å². The van der Waals surface area contributed by atoms with Crippen molar-refractivity contribution in [1.29, 1.82) is 0 Å². The molecule has 0 saturated heterocycles. The third-order valence-electron chi connectivity index (χ3n) is 4.19. The lowest BCUT2D eigenvalue weighted by molar-refractivity contribution is -0.128. The summed E-state index contributed by atoms with van der Waals surface area (Å²) >= 11 is 0. The number of amides is 1. The molecular formula is C21H36N4O3. The number of benzene rings is 1. The minimum atomic E-state index is -0.538. The summed E-state index contributed by atoms with van der Waals surface area (Å²) in [4.78, 5) is 16.9. The molecule has 0 saturated carbocycles. The minimum absolute atomic E-state index is 0.0216. The van der Waals surface area contributed by atoms with Gasteiger partial charge in [0.1, 0.15) is 5.75 Å². The first kappa shape index (κ1) is 23.8. The number of nitrogens with zero attached hydrogens (tertiary/aromatic N) is 1. The first-order chi connectivity index (χ1) is 13.4. The molecule has 28 heavy (non-hydrogen) atoms. The van der Waals surface area contributed by atoms with E-state index >= 15 is 0 Å². The molecule has 0 aliphatic carbocycles. The maximum atomic E-state index is 12.2. The average molecular weight is 393 g/mol. The van der Waals surface area contributed by atoms with Gasteiger partial charge in [-0.05, 0) is 51.8 Å². The Balaban J connectivity index is 2.69. The Kier molecular flexibility index (Phi) is 11.0. The van der Waals surface area contributed by atoms with Crippen LogP contribution in [0.25, 0.3) is 0 Å². The molecule has 1 amide bonds. The van der Waals surface area contributed by atoms with Crippen molar-refractivity contribution < 1.29 is 14.3 Å². The van der Waals surface area contributed by atoms with Crippen LogP contribution < -0.4 is 20.7 Å². The van der Waals surface area contributed by atoms with Crippen LogP contribution in [0.2, 0.25) is 0 Å². The van der Waals surface area contributed by atoms with Crippen molar-refractivity contribution in [3.63, 3.8) is 0 Å². The van der Waals surface area contributed by atoms with Gasteiger partial charge in [-0.2, -0.15) is 0 Å². The monoisotopic (exact) mass is 392 g/mol. The van der Waals surface area contributed by atoms with E-state index in [1.807, 2.05) is 52.0 Å². The van der Waals surface area contributed by atoms with E-state index in [1.165, 1.54) is 0 Å². The second-order valence-corrected chi connectivity index (χ2v) is 7.09. The van der Waals surface area contributed by atoms with Crippen LogP contribution >= 0.6 is 0 Å². The van der Waals surface area contributed by atoms with Crippen molar-refractivity contribution in [2.24, 2.45) is 10.4 Å². The Morgan fingerprint density at radius 2 is 1.82 bits per heavy atom. The number of nitrogens with one attached hydrogen (secondary N) is 3. The van der Waals surface area contributed by atoms with Crippen LogP contribution in [-0.2, 0) is 16.1 Å². The van der Waals surface area contributed by atoms with Crippen molar-refractivity contribution in [2.45, 2.75) is 40.7 Å². The summed E-state index contributed by atoms with van der Waals surface area (Å²) in [6, 6.07) is 7.83. The van der Waals surface area contributed by atoms with Gasteiger partial charge in [-0.3, -0.25) is 4.79 Å². The Bertz CT molecular complexity index is 600. The second-order valence-electron chi connectivity index (χ2n) is 7.09. The van der Waals surface area contributed by atoms with Crippen LogP contribution in [0.15, 0.2) is 29.3 Å². The summed E-state index contributed by atoms with van der Waals surface area (Å²) in [5.41, 5.74) is 0.545. The number of methoxy groups -OCH3 is 1. The number of hydrogen-bond acceptors (Lipinski definition) is 4. The topological polar surface area (TPSA) is 84.0 Å². The molecule has 7 heteroatoms. The highest BCUT2D eigenvalue weighted by molar-refractivity contribution is 5.84. The zero-order valence-electron chi connectivity index (χ0n) is 17.9. The zero-order valence-corrected chi connectivity index (χ0v) is 17.9. The van der Waals surface area contributed by atoms with Gasteiger partial charge in [0, 0.05) is 32.8 Å². The first-order valence-corrected chi connectivity index (χ1v) is 9.94. The molecule has 0 heterocycles. The Labute approximate surface area is 169 Å². The number of carbonyl (C=O) groups is 1. The molecule has 0 radical (unpaired) electrons. The summed E-state index contributed by atoms with van der Waals surface area (Å²) in [6.07, 6.45) is 0.886. The highest BCUT2D eigenvalue weighted by Gasteiger charge is 2.27. The number of rotatable bonds is 12. The fourth-order valence-corrected chi connectivity index (χ4v) is 2.39. The van der Waals surface area contributed by atoms with E-state index in [1.54, 1.807) is 7.11 Å². The van der Waals surface area contributed by atoms with Crippen LogP contribution in [0, 0.1) is 5.41 Å². The van der Waals surface area contributed by atoms with Crippen LogP contribution in [0.4, 0.5) is 0 Å². The predicted molar refractivity (Wildman–Crippen MR) is 114 cm³/mol. The van der Waals surface area contributed by atoms with Crippen LogP contribution in [0.5, 0.6) is 5.75 Å². The zero-order chi connectivity index (χ0) is 20.8.